The Hall–Kier alpha value is -1.55. The van der Waals surface area contributed by atoms with E-state index in [0.717, 1.165) is 37.7 Å². The zero-order chi connectivity index (χ0) is 16.9. The number of hydrogen-bond acceptors (Lipinski definition) is 4. The number of carbonyl (C=O) groups excluding carboxylic acids is 1. The second-order valence-corrected chi connectivity index (χ2v) is 8.25. The fourth-order valence-corrected chi connectivity index (χ4v) is 5.50. The highest BCUT2D eigenvalue weighted by atomic mass is 16.5. The molecule has 1 saturated heterocycles. The molecule has 4 rings (SSSR count). The third-order valence-corrected chi connectivity index (χ3v) is 7.20. The van der Waals surface area contributed by atoms with Gasteiger partial charge in [0.25, 0.3) is 0 Å². The molecule has 0 radical (unpaired) electrons. The summed E-state index contributed by atoms with van der Waals surface area (Å²) < 4.78 is 10.7. The van der Waals surface area contributed by atoms with Crippen LogP contribution in [0.5, 0.6) is 0 Å². The summed E-state index contributed by atoms with van der Waals surface area (Å²) >= 11 is 0. The number of hydrogen-bond donors (Lipinski definition) is 1. The van der Waals surface area contributed by atoms with Crippen LogP contribution in [-0.2, 0) is 16.0 Å². The highest BCUT2D eigenvalue weighted by molar-refractivity contribution is 5.92. The number of aryl methyl sites for hydroxylation is 1. The Morgan fingerprint density at radius 1 is 1.42 bits per heavy atom. The molecule has 3 aliphatic rings. The highest BCUT2D eigenvalue weighted by Crippen LogP contribution is 2.63. The van der Waals surface area contributed by atoms with E-state index in [2.05, 4.69) is 13.8 Å². The lowest BCUT2D eigenvalue weighted by Crippen LogP contribution is -2.53. The van der Waals surface area contributed by atoms with Gasteiger partial charge in [-0.05, 0) is 67.1 Å². The fourth-order valence-electron chi connectivity index (χ4n) is 5.50. The third-order valence-electron chi connectivity index (χ3n) is 7.20. The van der Waals surface area contributed by atoms with Gasteiger partial charge < -0.3 is 14.3 Å². The van der Waals surface area contributed by atoms with E-state index in [9.17, 15) is 9.90 Å². The standard InChI is InChI=1S/C20H26O4/c1-13-3-7-20-12-24-18(22)16(20)9-15(21)10-17(20)19(13,2)6-4-14-5-8-23-11-14/h5,8-9,11,13,15,17,21H,3-4,6-7,10,12H2,1-2H3. The van der Waals surface area contributed by atoms with Gasteiger partial charge in [0.05, 0.1) is 18.6 Å². The van der Waals surface area contributed by atoms with Gasteiger partial charge in [-0.3, -0.25) is 0 Å². The molecular formula is C20H26O4. The van der Waals surface area contributed by atoms with Crippen molar-refractivity contribution in [2.75, 3.05) is 6.61 Å². The van der Waals surface area contributed by atoms with Crippen molar-refractivity contribution < 1.29 is 19.1 Å². The molecule has 1 spiro atoms. The van der Waals surface area contributed by atoms with E-state index in [1.54, 1.807) is 12.3 Å². The number of furan rings is 1. The second kappa shape index (κ2) is 5.48. The third kappa shape index (κ3) is 2.19. The van der Waals surface area contributed by atoms with E-state index in [1.165, 1.54) is 5.56 Å². The molecule has 5 unspecified atom stereocenters. The van der Waals surface area contributed by atoms with E-state index >= 15 is 0 Å². The van der Waals surface area contributed by atoms with Crippen LogP contribution in [0.25, 0.3) is 0 Å². The molecule has 2 aliphatic carbocycles. The first-order valence-electron chi connectivity index (χ1n) is 9.04. The van der Waals surface area contributed by atoms with Crippen LogP contribution >= 0.6 is 0 Å². The average Bonchev–Trinajstić information content (AvgIpc) is 3.18. The Balaban J connectivity index is 1.69. The van der Waals surface area contributed by atoms with Gasteiger partial charge >= 0.3 is 5.97 Å². The van der Waals surface area contributed by atoms with Crippen molar-refractivity contribution in [3.63, 3.8) is 0 Å². The van der Waals surface area contributed by atoms with Crippen LogP contribution < -0.4 is 0 Å². The Morgan fingerprint density at radius 3 is 3.00 bits per heavy atom. The largest absolute Gasteiger partial charge is 0.472 e. The smallest absolute Gasteiger partial charge is 0.334 e. The summed E-state index contributed by atoms with van der Waals surface area (Å²) in [7, 11) is 0. The molecule has 0 amide bonds. The van der Waals surface area contributed by atoms with Gasteiger partial charge in [-0.2, -0.15) is 0 Å². The molecule has 5 atom stereocenters. The Kier molecular flexibility index (Phi) is 3.64. The summed E-state index contributed by atoms with van der Waals surface area (Å²) in [5.74, 6) is 0.620. The van der Waals surface area contributed by atoms with Crippen LogP contribution in [0.15, 0.2) is 34.7 Å². The lowest BCUT2D eigenvalue weighted by atomic mass is 9.46. The zero-order valence-electron chi connectivity index (χ0n) is 14.5. The van der Waals surface area contributed by atoms with Crippen LogP contribution in [0, 0.1) is 22.7 Å². The molecule has 24 heavy (non-hydrogen) atoms. The minimum Gasteiger partial charge on any atom is -0.472 e. The molecule has 2 fully saturated rings. The number of cyclic esters (lactones) is 1. The van der Waals surface area contributed by atoms with E-state index in [-0.39, 0.29) is 22.7 Å². The van der Waals surface area contributed by atoms with Crippen molar-refractivity contribution >= 4 is 5.97 Å². The van der Waals surface area contributed by atoms with Gasteiger partial charge in [0.2, 0.25) is 0 Å². The second-order valence-electron chi connectivity index (χ2n) is 8.25. The molecule has 0 aromatic carbocycles. The minimum atomic E-state index is -0.540. The van der Waals surface area contributed by atoms with Crippen LogP contribution in [0.2, 0.25) is 0 Å². The topological polar surface area (TPSA) is 59.7 Å². The van der Waals surface area contributed by atoms with Crippen molar-refractivity contribution in [1.29, 1.82) is 0 Å². The lowest BCUT2D eigenvalue weighted by molar-refractivity contribution is -0.135. The summed E-state index contributed by atoms with van der Waals surface area (Å²) in [6.07, 6.45) is 9.58. The summed E-state index contributed by atoms with van der Waals surface area (Å²) in [6.45, 7) is 5.16. The summed E-state index contributed by atoms with van der Waals surface area (Å²) in [6, 6.07) is 2.02. The van der Waals surface area contributed by atoms with E-state index < -0.39 is 6.10 Å². The quantitative estimate of drug-likeness (QED) is 0.862. The van der Waals surface area contributed by atoms with Gasteiger partial charge in [-0.1, -0.05) is 13.8 Å². The van der Waals surface area contributed by atoms with Gasteiger partial charge in [-0.15, -0.1) is 0 Å². The predicted octanol–water partition coefficient (Wildman–Crippen LogP) is 3.50. The maximum atomic E-state index is 12.2. The number of esters is 1. The predicted molar refractivity (Wildman–Crippen MR) is 89.1 cm³/mol. The maximum Gasteiger partial charge on any atom is 0.334 e. The van der Waals surface area contributed by atoms with Crippen molar-refractivity contribution in [2.24, 2.45) is 22.7 Å². The van der Waals surface area contributed by atoms with Crippen molar-refractivity contribution in [3.8, 4) is 0 Å². The number of aliphatic hydroxyl groups excluding tert-OH is 1. The number of aliphatic hydroxyl groups is 1. The average molecular weight is 330 g/mol. The summed E-state index contributed by atoms with van der Waals surface area (Å²) in [5, 5.41) is 10.4. The zero-order valence-corrected chi connectivity index (χ0v) is 14.5. The summed E-state index contributed by atoms with van der Waals surface area (Å²) in [4.78, 5) is 12.2. The minimum absolute atomic E-state index is 0.0734. The molecule has 2 heterocycles. The molecule has 4 heteroatoms. The normalized spacial score (nSPS) is 41.4. The van der Waals surface area contributed by atoms with Crippen LogP contribution in [-0.4, -0.2) is 23.8 Å². The summed E-state index contributed by atoms with van der Waals surface area (Å²) in [5.41, 5.74) is 1.85. The monoisotopic (exact) mass is 330 g/mol. The van der Waals surface area contributed by atoms with E-state index in [0.29, 0.717) is 12.5 Å². The Labute approximate surface area is 142 Å². The SMILES string of the molecule is CC1CCC23COC(=O)C2=CC(O)CC3C1(C)CCc1ccoc1. The first kappa shape index (κ1) is 15.9. The number of rotatable bonds is 3. The van der Waals surface area contributed by atoms with Crippen molar-refractivity contribution in [3.05, 3.63) is 35.8 Å². The van der Waals surface area contributed by atoms with E-state index in [1.807, 2.05) is 12.3 Å². The molecule has 0 bridgehead atoms. The lowest BCUT2D eigenvalue weighted by Gasteiger charge is -2.57. The molecule has 1 aromatic heterocycles. The van der Waals surface area contributed by atoms with Crippen LogP contribution in [0.4, 0.5) is 0 Å². The molecular weight excluding hydrogens is 304 g/mol. The highest BCUT2D eigenvalue weighted by Gasteiger charge is 2.61. The first-order chi connectivity index (χ1) is 11.5. The van der Waals surface area contributed by atoms with Gasteiger partial charge in [0.15, 0.2) is 0 Å². The molecule has 1 N–H and O–H groups in total. The Morgan fingerprint density at radius 2 is 2.25 bits per heavy atom. The number of ether oxygens (including phenoxy) is 1. The molecule has 1 saturated carbocycles. The van der Waals surface area contributed by atoms with Gasteiger partial charge in [-0.25, -0.2) is 4.79 Å². The molecule has 1 aliphatic heterocycles. The molecule has 4 nitrogen and oxygen atoms in total. The van der Waals surface area contributed by atoms with Crippen molar-refractivity contribution in [1.82, 2.24) is 0 Å². The van der Waals surface area contributed by atoms with Gasteiger partial charge in [0.1, 0.15) is 6.61 Å². The fraction of sp³-hybridized carbons (Fsp3) is 0.650. The first-order valence-corrected chi connectivity index (χ1v) is 9.04. The van der Waals surface area contributed by atoms with Crippen LogP contribution in [0.1, 0.15) is 45.1 Å². The van der Waals surface area contributed by atoms with E-state index in [4.69, 9.17) is 9.15 Å². The molecule has 130 valence electrons. The van der Waals surface area contributed by atoms with Crippen molar-refractivity contribution in [2.45, 2.75) is 52.1 Å². The van der Waals surface area contributed by atoms with Gasteiger partial charge in [0, 0.05) is 11.0 Å². The Bertz CT molecular complexity index is 661. The molecule has 1 aromatic rings. The maximum absolute atomic E-state index is 12.2. The van der Waals surface area contributed by atoms with Crippen LogP contribution in [0.3, 0.4) is 0 Å². The number of carbonyl (C=O) groups is 1.